The van der Waals surface area contributed by atoms with Crippen LogP contribution < -0.4 is 10.9 Å². The van der Waals surface area contributed by atoms with Gasteiger partial charge >= 0.3 is 5.97 Å². The van der Waals surface area contributed by atoms with Gasteiger partial charge in [0.25, 0.3) is 11.8 Å². The maximum Gasteiger partial charge on any atom is 0.339 e. The topological polar surface area (TPSA) is 97.4 Å². The van der Waals surface area contributed by atoms with E-state index < -0.39 is 24.4 Å². The van der Waals surface area contributed by atoms with E-state index in [-0.39, 0.29) is 0 Å². The third-order valence-corrected chi connectivity index (χ3v) is 5.40. The zero-order valence-corrected chi connectivity index (χ0v) is 17.2. The molecule has 0 spiro atoms. The summed E-state index contributed by atoms with van der Waals surface area (Å²) in [4.78, 5) is 41.8. The molecule has 7 heteroatoms. The third kappa shape index (κ3) is 4.55. The molecule has 0 saturated carbocycles. The second-order valence-electron chi connectivity index (χ2n) is 7.72. The minimum Gasteiger partial charge on any atom is -0.452 e. The Balaban J connectivity index is 1.45. The van der Waals surface area contributed by atoms with E-state index in [9.17, 15) is 14.4 Å². The molecule has 1 aliphatic rings. The van der Waals surface area contributed by atoms with Gasteiger partial charge in [-0.25, -0.2) is 4.79 Å². The summed E-state index contributed by atoms with van der Waals surface area (Å²) in [6, 6.07) is 15.9. The lowest BCUT2D eigenvalue weighted by Gasteiger charge is -2.24. The Morgan fingerprint density at radius 1 is 1.03 bits per heavy atom. The quantitative estimate of drug-likeness (QED) is 0.502. The van der Waals surface area contributed by atoms with E-state index in [1.54, 1.807) is 30.3 Å². The summed E-state index contributed by atoms with van der Waals surface area (Å²) in [5.41, 5.74) is 8.02. The number of amides is 2. The van der Waals surface area contributed by atoms with Crippen molar-refractivity contribution < 1.29 is 19.1 Å². The van der Waals surface area contributed by atoms with Gasteiger partial charge in [0.15, 0.2) is 6.61 Å². The average Bonchev–Trinajstić information content (AvgIpc) is 2.80. The molecular weight excluding hydrogens is 394 g/mol. The number of nitrogens with zero attached hydrogens (tertiary/aromatic N) is 1. The fraction of sp³-hybridized carbons (Fsp3) is 0.250. The van der Waals surface area contributed by atoms with Gasteiger partial charge in [-0.1, -0.05) is 43.3 Å². The van der Waals surface area contributed by atoms with Crippen molar-refractivity contribution in [1.29, 1.82) is 0 Å². The van der Waals surface area contributed by atoms with Crippen LogP contribution in [-0.4, -0.2) is 29.4 Å². The molecule has 1 aliphatic carbocycles. The van der Waals surface area contributed by atoms with Gasteiger partial charge in [0.1, 0.15) is 0 Å². The number of hydrazine groups is 1. The van der Waals surface area contributed by atoms with Crippen molar-refractivity contribution in [3.05, 3.63) is 77.0 Å². The minimum absolute atomic E-state index is 0.406. The van der Waals surface area contributed by atoms with Crippen molar-refractivity contribution in [2.75, 3.05) is 6.61 Å². The van der Waals surface area contributed by atoms with Crippen molar-refractivity contribution in [1.82, 2.24) is 15.8 Å². The van der Waals surface area contributed by atoms with Crippen LogP contribution in [-0.2, 0) is 22.4 Å². The number of hydrogen-bond acceptors (Lipinski definition) is 5. The van der Waals surface area contributed by atoms with Gasteiger partial charge in [0.2, 0.25) is 0 Å². The van der Waals surface area contributed by atoms with Crippen LogP contribution in [0.2, 0.25) is 0 Å². The number of rotatable bonds is 4. The zero-order valence-electron chi connectivity index (χ0n) is 17.2. The van der Waals surface area contributed by atoms with Crippen molar-refractivity contribution in [3.63, 3.8) is 0 Å². The number of para-hydroxylation sites is 1. The summed E-state index contributed by atoms with van der Waals surface area (Å²) in [5.74, 6) is -1.20. The molecule has 0 unspecified atom stereocenters. The number of pyridine rings is 1. The number of hydrogen-bond donors (Lipinski definition) is 2. The lowest BCUT2D eigenvalue weighted by Crippen LogP contribution is -2.43. The molecule has 0 radical (unpaired) electrons. The number of carbonyl (C=O) groups excluding carboxylic acids is 3. The van der Waals surface area contributed by atoms with Gasteiger partial charge in [0, 0.05) is 16.6 Å². The molecule has 0 bridgehead atoms. The Morgan fingerprint density at radius 2 is 1.77 bits per heavy atom. The molecule has 3 aromatic rings. The van der Waals surface area contributed by atoms with Gasteiger partial charge in [-0.05, 0) is 48.9 Å². The first-order valence-corrected chi connectivity index (χ1v) is 10.2. The largest absolute Gasteiger partial charge is 0.452 e. The van der Waals surface area contributed by atoms with Crippen LogP contribution in [0.3, 0.4) is 0 Å². The van der Waals surface area contributed by atoms with E-state index in [1.165, 1.54) is 0 Å². The van der Waals surface area contributed by atoms with Crippen LogP contribution in [0.1, 0.15) is 45.3 Å². The molecule has 1 atom stereocenters. The Bertz CT molecular complexity index is 1140. The highest BCUT2D eigenvalue weighted by molar-refractivity contribution is 6.05. The molecule has 158 valence electrons. The average molecular weight is 417 g/mol. The molecule has 2 amide bonds. The standard InChI is InChI=1S/C24H23N3O4/c1-15-11-12-20-18(13-15)22(17-9-5-6-10-19(17)25-20)24(30)31-14-21(28)26-27-23(29)16-7-3-2-4-8-16/h2-10,15H,11-14H2,1H3,(H,26,28)(H,27,29)/t15-/m0/s1. The smallest absolute Gasteiger partial charge is 0.339 e. The van der Waals surface area contributed by atoms with Gasteiger partial charge < -0.3 is 4.74 Å². The highest BCUT2D eigenvalue weighted by Gasteiger charge is 2.26. The predicted octanol–water partition coefficient (Wildman–Crippen LogP) is 2.98. The summed E-state index contributed by atoms with van der Waals surface area (Å²) in [6.07, 6.45) is 2.58. The number of nitrogens with one attached hydrogen (secondary N) is 2. The van der Waals surface area contributed by atoms with E-state index in [0.29, 0.717) is 17.0 Å². The van der Waals surface area contributed by atoms with E-state index in [4.69, 9.17) is 9.72 Å². The lowest BCUT2D eigenvalue weighted by molar-refractivity contribution is -0.125. The Labute approximate surface area is 179 Å². The molecule has 1 heterocycles. The Hall–Kier alpha value is -3.74. The fourth-order valence-corrected chi connectivity index (χ4v) is 3.82. The number of esters is 1. The van der Waals surface area contributed by atoms with Crippen LogP contribution in [0.25, 0.3) is 10.9 Å². The third-order valence-electron chi connectivity index (χ3n) is 5.40. The van der Waals surface area contributed by atoms with Crippen molar-refractivity contribution >= 4 is 28.7 Å². The first-order chi connectivity index (χ1) is 15.0. The molecule has 0 saturated heterocycles. The Kier molecular flexibility index (Phi) is 5.93. The SMILES string of the molecule is C[C@H]1CCc2nc3ccccc3c(C(=O)OCC(=O)NNC(=O)c3ccccc3)c2C1. The normalized spacial score (nSPS) is 15.1. The van der Waals surface area contributed by atoms with Crippen LogP contribution in [0.15, 0.2) is 54.6 Å². The highest BCUT2D eigenvalue weighted by atomic mass is 16.5. The second kappa shape index (κ2) is 8.95. The maximum atomic E-state index is 13.0. The van der Waals surface area contributed by atoms with Gasteiger partial charge in [0.05, 0.1) is 11.1 Å². The summed E-state index contributed by atoms with van der Waals surface area (Å²) < 4.78 is 5.31. The van der Waals surface area contributed by atoms with E-state index in [1.807, 2.05) is 24.3 Å². The number of benzene rings is 2. The number of fused-ring (bicyclic) bond motifs is 2. The fourth-order valence-electron chi connectivity index (χ4n) is 3.82. The summed E-state index contributed by atoms with van der Waals surface area (Å²) in [5, 5.41) is 0.720. The van der Waals surface area contributed by atoms with Gasteiger partial charge in [-0.2, -0.15) is 0 Å². The molecule has 7 nitrogen and oxygen atoms in total. The van der Waals surface area contributed by atoms with Crippen LogP contribution in [0.4, 0.5) is 0 Å². The number of carbonyl (C=O) groups is 3. The predicted molar refractivity (Wildman–Crippen MR) is 115 cm³/mol. The molecular formula is C24H23N3O4. The summed E-state index contributed by atoms with van der Waals surface area (Å²) in [6.45, 7) is 1.64. The van der Waals surface area contributed by atoms with Gasteiger partial charge in [-0.15, -0.1) is 0 Å². The second-order valence-corrected chi connectivity index (χ2v) is 7.72. The lowest BCUT2D eigenvalue weighted by atomic mass is 9.84. The summed E-state index contributed by atoms with van der Waals surface area (Å²) in [7, 11) is 0. The highest BCUT2D eigenvalue weighted by Crippen LogP contribution is 2.31. The van der Waals surface area contributed by atoms with E-state index in [0.717, 1.165) is 41.4 Å². The van der Waals surface area contributed by atoms with Crippen LogP contribution in [0.5, 0.6) is 0 Å². The first kappa shape index (κ1) is 20.5. The van der Waals surface area contributed by atoms with Crippen LogP contribution >= 0.6 is 0 Å². The van der Waals surface area contributed by atoms with Crippen molar-refractivity contribution in [2.24, 2.45) is 5.92 Å². The molecule has 2 N–H and O–H groups in total. The van der Waals surface area contributed by atoms with Crippen molar-refractivity contribution in [2.45, 2.75) is 26.2 Å². The molecule has 0 fully saturated rings. The molecule has 4 rings (SSSR count). The number of ether oxygens (including phenoxy) is 1. The van der Waals surface area contributed by atoms with Crippen molar-refractivity contribution in [3.8, 4) is 0 Å². The van der Waals surface area contributed by atoms with E-state index >= 15 is 0 Å². The number of aryl methyl sites for hydroxylation is 1. The minimum atomic E-state index is -0.627. The maximum absolute atomic E-state index is 13.0. The van der Waals surface area contributed by atoms with E-state index in [2.05, 4.69) is 17.8 Å². The first-order valence-electron chi connectivity index (χ1n) is 10.2. The zero-order chi connectivity index (χ0) is 21.8. The monoisotopic (exact) mass is 417 g/mol. The molecule has 2 aromatic carbocycles. The molecule has 1 aromatic heterocycles. The molecule has 31 heavy (non-hydrogen) atoms. The number of aromatic nitrogens is 1. The summed E-state index contributed by atoms with van der Waals surface area (Å²) >= 11 is 0. The molecule has 0 aliphatic heterocycles. The van der Waals surface area contributed by atoms with Gasteiger partial charge in [-0.3, -0.25) is 25.4 Å². The Morgan fingerprint density at radius 3 is 2.58 bits per heavy atom. The van der Waals surface area contributed by atoms with Crippen LogP contribution in [0, 0.1) is 5.92 Å².